The molecular formula is C16H23BrN2O. The fourth-order valence-electron chi connectivity index (χ4n) is 2.86. The molecule has 0 aromatic heterocycles. The van der Waals surface area contributed by atoms with E-state index in [9.17, 15) is 4.79 Å². The predicted molar refractivity (Wildman–Crippen MR) is 85.5 cm³/mol. The Balaban J connectivity index is 2.10. The zero-order chi connectivity index (χ0) is 14.8. The molecule has 1 aliphatic rings. The number of carbonyl (C=O) groups is 1. The van der Waals surface area contributed by atoms with E-state index in [1.165, 1.54) is 0 Å². The lowest BCUT2D eigenvalue weighted by atomic mass is 9.75. The molecule has 1 saturated heterocycles. The van der Waals surface area contributed by atoms with Crippen LogP contribution in [0.1, 0.15) is 38.8 Å². The van der Waals surface area contributed by atoms with Crippen LogP contribution in [0.25, 0.3) is 0 Å². The molecule has 2 atom stereocenters. The Labute approximate surface area is 129 Å². The van der Waals surface area contributed by atoms with E-state index in [0.717, 1.165) is 29.5 Å². The molecule has 2 rings (SSSR count). The maximum absolute atomic E-state index is 12.7. The van der Waals surface area contributed by atoms with Crippen molar-refractivity contribution in [1.29, 1.82) is 0 Å². The zero-order valence-electron chi connectivity index (χ0n) is 12.4. The summed E-state index contributed by atoms with van der Waals surface area (Å²) in [5.41, 5.74) is 0.859. The third-order valence-corrected chi connectivity index (χ3v) is 4.94. The topological polar surface area (TPSA) is 41.1 Å². The quantitative estimate of drug-likeness (QED) is 0.884. The average Bonchev–Trinajstić information content (AvgIpc) is 2.89. The fourth-order valence-corrected chi connectivity index (χ4v) is 3.28. The molecule has 0 saturated carbocycles. The van der Waals surface area contributed by atoms with E-state index in [-0.39, 0.29) is 17.4 Å². The van der Waals surface area contributed by atoms with Gasteiger partial charge in [0.15, 0.2) is 0 Å². The Bertz CT molecular complexity index is 481. The van der Waals surface area contributed by atoms with E-state index >= 15 is 0 Å². The van der Waals surface area contributed by atoms with Gasteiger partial charge in [-0.25, -0.2) is 0 Å². The van der Waals surface area contributed by atoms with Gasteiger partial charge >= 0.3 is 0 Å². The molecular weight excluding hydrogens is 316 g/mol. The standard InChI is InChI=1S/C16H23BrN2O/c1-11(2)16(7-8-18-10-16)15(20)19-12(3)13-5-4-6-14(17)9-13/h4-6,9,11-12,18H,7-8,10H2,1-3H3,(H,19,20). The molecule has 2 N–H and O–H groups in total. The van der Waals surface area contributed by atoms with Crippen LogP contribution in [0, 0.1) is 11.3 Å². The van der Waals surface area contributed by atoms with Crippen LogP contribution in [-0.2, 0) is 4.79 Å². The van der Waals surface area contributed by atoms with Crippen molar-refractivity contribution in [2.24, 2.45) is 11.3 Å². The maximum atomic E-state index is 12.7. The average molecular weight is 339 g/mol. The summed E-state index contributed by atoms with van der Waals surface area (Å²) in [6.07, 6.45) is 0.918. The van der Waals surface area contributed by atoms with Gasteiger partial charge in [-0.15, -0.1) is 0 Å². The van der Waals surface area contributed by atoms with Crippen LogP contribution < -0.4 is 10.6 Å². The van der Waals surface area contributed by atoms with Crippen molar-refractivity contribution < 1.29 is 4.79 Å². The molecule has 1 aliphatic heterocycles. The van der Waals surface area contributed by atoms with Crippen molar-refractivity contribution in [1.82, 2.24) is 10.6 Å². The number of rotatable bonds is 4. The second-order valence-corrected chi connectivity index (χ2v) is 6.90. The highest BCUT2D eigenvalue weighted by Gasteiger charge is 2.44. The molecule has 0 aliphatic carbocycles. The number of amides is 1. The molecule has 1 fully saturated rings. The molecule has 0 spiro atoms. The third-order valence-electron chi connectivity index (χ3n) is 4.44. The van der Waals surface area contributed by atoms with E-state index in [2.05, 4.69) is 46.5 Å². The molecule has 3 nitrogen and oxygen atoms in total. The van der Waals surface area contributed by atoms with Gasteiger partial charge in [0.05, 0.1) is 11.5 Å². The van der Waals surface area contributed by atoms with Gasteiger partial charge in [-0.3, -0.25) is 4.79 Å². The van der Waals surface area contributed by atoms with Gasteiger partial charge < -0.3 is 10.6 Å². The van der Waals surface area contributed by atoms with Crippen molar-refractivity contribution >= 4 is 21.8 Å². The summed E-state index contributed by atoms with van der Waals surface area (Å²) < 4.78 is 1.04. The first kappa shape index (κ1) is 15.5. The Morgan fingerprint density at radius 2 is 2.15 bits per heavy atom. The Morgan fingerprint density at radius 1 is 1.40 bits per heavy atom. The fraction of sp³-hybridized carbons (Fsp3) is 0.562. The molecule has 0 radical (unpaired) electrons. The second-order valence-electron chi connectivity index (χ2n) is 5.99. The lowest BCUT2D eigenvalue weighted by Crippen LogP contribution is -2.46. The Hall–Kier alpha value is -0.870. The number of benzene rings is 1. The van der Waals surface area contributed by atoms with E-state index in [1.54, 1.807) is 0 Å². The maximum Gasteiger partial charge on any atom is 0.228 e. The van der Waals surface area contributed by atoms with Gasteiger partial charge in [0, 0.05) is 11.0 Å². The first-order valence-electron chi connectivity index (χ1n) is 7.23. The van der Waals surface area contributed by atoms with Crippen LogP contribution in [0.2, 0.25) is 0 Å². The molecule has 20 heavy (non-hydrogen) atoms. The van der Waals surface area contributed by atoms with Crippen LogP contribution in [0.4, 0.5) is 0 Å². The highest BCUT2D eigenvalue weighted by Crippen LogP contribution is 2.35. The minimum atomic E-state index is -0.264. The molecule has 0 bridgehead atoms. The van der Waals surface area contributed by atoms with E-state index in [1.807, 2.05) is 25.1 Å². The highest BCUT2D eigenvalue weighted by molar-refractivity contribution is 9.10. The number of nitrogens with one attached hydrogen (secondary N) is 2. The summed E-state index contributed by atoms with van der Waals surface area (Å²) in [6, 6.07) is 8.12. The van der Waals surface area contributed by atoms with Gasteiger partial charge in [0.2, 0.25) is 5.91 Å². The first-order valence-corrected chi connectivity index (χ1v) is 8.02. The number of carbonyl (C=O) groups excluding carboxylic acids is 1. The van der Waals surface area contributed by atoms with Crippen LogP contribution in [-0.4, -0.2) is 19.0 Å². The molecule has 1 aromatic carbocycles. The van der Waals surface area contributed by atoms with E-state index in [0.29, 0.717) is 5.92 Å². The number of hydrogen-bond donors (Lipinski definition) is 2. The summed E-state index contributed by atoms with van der Waals surface area (Å²) >= 11 is 3.47. The van der Waals surface area contributed by atoms with E-state index in [4.69, 9.17) is 0 Å². The van der Waals surface area contributed by atoms with Gasteiger partial charge in [0.1, 0.15) is 0 Å². The minimum Gasteiger partial charge on any atom is -0.349 e. The van der Waals surface area contributed by atoms with Gasteiger partial charge in [-0.05, 0) is 43.5 Å². The van der Waals surface area contributed by atoms with Gasteiger partial charge in [-0.1, -0.05) is 41.9 Å². The summed E-state index contributed by atoms with van der Waals surface area (Å²) in [5.74, 6) is 0.511. The Morgan fingerprint density at radius 3 is 2.70 bits per heavy atom. The molecule has 1 heterocycles. The molecule has 110 valence electrons. The summed E-state index contributed by atoms with van der Waals surface area (Å²) in [6.45, 7) is 8.02. The van der Waals surface area contributed by atoms with Gasteiger partial charge in [0.25, 0.3) is 0 Å². The predicted octanol–water partition coefficient (Wildman–Crippen LogP) is 3.26. The Kier molecular flexibility index (Phi) is 4.86. The third kappa shape index (κ3) is 3.07. The lowest BCUT2D eigenvalue weighted by Gasteiger charge is -2.32. The summed E-state index contributed by atoms with van der Waals surface area (Å²) in [7, 11) is 0. The normalized spacial score (nSPS) is 23.9. The molecule has 2 unspecified atom stereocenters. The van der Waals surface area contributed by atoms with Crippen LogP contribution in [0.15, 0.2) is 28.7 Å². The number of halogens is 1. The smallest absolute Gasteiger partial charge is 0.228 e. The zero-order valence-corrected chi connectivity index (χ0v) is 14.0. The van der Waals surface area contributed by atoms with Crippen LogP contribution in [0.3, 0.4) is 0 Å². The summed E-state index contributed by atoms with van der Waals surface area (Å²) in [5, 5.41) is 6.52. The van der Waals surface area contributed by atoms with Crippen LogP contribution >= 0.6 is 15.9 Å². The minimum absolute atomic E-state index is 0.0243. The van der Waals surface area contributed by atoms with Crippen LogP contribution in [0.5, 0.6) is 0 Å². The van der Waals surface area contributed by atoms with Crippen molar-refractivity contribution in [3.05, 3.63) is 34.3 Å². The summed E-state index contributed by atoms with van der Waals surface area (Å²) in [4.78, 5) is 12.7. The molecule has 1 aromatic rings. The first-order chi connectivity index (χ1) is 9.45. The van der Waals surface area contributed by atoms with Crippen molar-refractivity contribution in [2.45, 2.75) is 33.2 Å². The van der Waals surface area contributed by atoms with Crippen molar-refractivity contribution in [3.63, 3.8) is 0 Å². The number of hydrogen-bond acceptors (Lipinski definition) is 2. The SMILES string of the molecule is CC(NC(=O)C1(C(C)C)CCNC1)c1cccc(Br)c1. The highest BCUT2D eigenvalue weighted by atomic mass is 79.9. The van der Waals surface area contributed by atoms with Crippen molar-refractivity contribution in [3.8, 4) is 0 Å². The lowest BCUT2D eigenvalue weighted by molar-refractivity contribution is -0.133. The molecule has 1 amide bonds. The largest absolute Gasteiger partial charge is 0.349 e. The monoisotopic (exact) mass is 338 g/mol. The second kappa shape index (κ2) is 6.27. The van der Waals surface area contributed by atoms with E-state index < -0.39 is 0 Å². The van der Waals surface area contributed by atoms with Crippen molar-refractivity contribution in [2.75, 3.05) is 13.1 Å². The molecule has 4 heteroatoms. The van der Waals surface area contributed by atoms with Gasteiger partial charge in [-0.2, -0.15) is 0 Å².